The minimum atomic E-state index is -0.484. The number of hydrogen-bond donors (Lipinski definition) is 2. The molecule has 1 amide bonds. The molecule has 1 aliphatic rings. The first-order valence-electron chi connectivity index (χ1n) is 9.08. The molecule has 1 saturated heterocycles. The van der Waals surface area contributed by atoms with E-state index in [0.717, 1.165) is 28.9 Å². The Bertz CT molecular complexity index is 812. The summed E-state index contributed by atoms with van der Waals surface area (Å²) >= 11 is 6.44. The third-order valence-corrected chi connectivity index (χ3v) is 5.30. The Morgan fingerprint density at radius 2 is 2.07 bits per heavy atom. The lowest BCUT2D eigenvalue weighted by molar-refractivity contribution is -0.132. The molecule has 0 radical (unpaired) electrons. The number of aryl methyl sites for hydroxylation is 1. The lowest BCUT2D eigenvalue weighted by Gasteiger charge is -2.24. The van der Waals surface area contributed by atoms with Crippen LogP contribution in [0.3, 0.4) is 0 Å². The van der Waals surface area contributed by atoms with Gasteiger partial charge < -0.3 is 20.5 Å². The highest BCUT2D eigenvalue weighted by atomic mass is 35.5. The average molecular weight is 389 g/mol. The number of rotatable bonds is 6. The van der Waals surface area contributed by atoms with Crippen LogP contribution < -0.4 is 15.8 Å². The van der Waals surface area contributed by atoms with E-state index in [-0.39, 0.29) is 18.1 Å². The van der Waals surface area contributed by atoms with Gasteiger partial charge in [0.1, 0.15) is 11.9 Å². The maximum Gasteiger partial charge on any atom is 0.249 e. The maximum absolute atomic E-state index is 12.9. The van der Waals surface area contributed by atoms with Gasteiger partial charge in [-0.1, -0.05) is 35.9 Å². The number of carbonyl (C=O) groups excluding carboxylic acids is 1. The zero-order valence-corrected chi connectivity index (χ0v) is 16.3. The van der Waals surface area contributed by atoms with Crippen LogP contribution in [0.2, 0.25) is 5.02 Å². The molecule has 1 heterocycles. The van der Waals surface area contributed by atoms with Gasteiger partial charge in [-0.15, -0.1) is 0 Å². The van der Waals surface area contributed by atoms with E-state index in [9.17, 15) is 4.79 Å². The van der Waals surface area contributed by atoms with Crippen molar-refractivity contribution in [3.63, 3.8) is 0 Å². The quantitative estimate of drug-likeness (QED) is 0.795. The van der Waals surface area contributed by atoms with Crippen LogP contribution >= 0.6 is 11.6 Å². The summed E-state index contributed by atoms with van der Waals surface area (Å²) < 4.78 is 11.1. The Morgan fingerprint density at radius 3 is 2.70 bits per heavy atom. The number of nitrogens with two attached hydrogens (primary N) is 1. The lowest BCUT2D eigenvalue weighted by atomic mass is 9.94. The summed E-state index contributed by atoms with van der Waals surface area (Å²) in [4.78, 5) is 12.9. The van der Waals surface area contributed by atoms with E-state index in [2.05, 4.69) is 5.32 Å². The standard InChI is InChI=1S/C21H25ClN2O3/c1-13-11-14(26-2)7-9-16(13)20(17-5-3-4-6-18(17)22)24-21(25)19-10-8-15(12-23)27-19/h3-7,9,11,15,19-20H,8,10,12,23H2,1-2H3,(H,24,25)/t15-,19+,20?/m1/s1. The van der Waals surface area contributed by atoms with Gasteiger partial charge in [0.05, 0.1) is 19.3 Å². The van der Waals surface area contributed by atoms with E-state index in [1.54, 1.807) is 7.11 Å². The highest BCUT2D eigenvalue weighted by Gasteiger charge is 2.32. The van der Waals surface area contributed by atoms with Crippen LogP contribution in [-0.2, 0) is 9.53 Å². The summed E-state index contributed by atoms with van der Waals surface area (Å²) in [6, 6.07) is 12.9. The Balaban J connectivity index is 1.91. The molecular weight excluding hydrogens is 364 g/mol. The van der Waals surface area contributed by atoms with Crippen molar-refractivity contribution >= 4 is 17.5 Å². The second-order valence-corrected chi connectivity index (χ2v) is 7.15. The Morgan fingerprint density at radius 1 is 1.30 bits per heavy atom. The number of amides is 1. The highest BCUT2D eigenvalue weighted by Crippen LogP contribution is 2.32. The molecule has 2 aromatic rings. The summed E-state index contributed by atoms with van der Waals surface area (Å²) in [5.41, 5.74) is 8.47. The van der Waals surface area contributed by atoms with E-state index in [1.807, 2.05) is 49.4 Å². The summed E-state index contributed by atoms with van der Waals surface area (Å²) in [7, 11) is 1.63. The minimum absolute atomic E-state index is 0.0535. The van der Waals surface area contributed by atoms with Crippen molar-refractivity contribution in [2.75, 3.05) is 13.7 Å². The highest BCUT2D eigenvalue weighted by molar-refractivity contribution is 6.31. The van der Waals surface area contributed by atoms with Crippen molar-refractivity contribution in [1.29, 1.82) is 0 Å². The number of ether oxygens (including phenoxy) is 2. The van der Waals surface area contributed by atoms with Gasteiger partial charge in [0, 0.05) is 11.6 Å². The first kappa shape index (κ1) is 19.7. The zero-order valence-electron chi connectivity index (χ0n) is 15.6. The van der Waals surface area contributed by atoms with Gasteiger partial charge in [-0.25, -0.2) is 0 Å². The fraction of sp³-hybridized carbons (Fsp3) is 0.381. The number of carbonyl (C=O) groups is 1. The van der Waals surface area contributed by atoms with Gasteiger partial charge in [-0.2, -0.15) is 0 Å². The SMILES string of the molecule is COc1ccc(C(NC(=O)[C@@H]2CC[C@H](CN)O2)c2ccccc2Cl)c(C)c1. The van der Waals surface area contributed by atoms with Crippen LogP contribution in [0.4, 0.5) is 0 Å². The molecule has 6 heteroatoms. The van der Waals surface area contributed by atoms with Crippen LogP contribution in [-0.4, -0.2) is 31.8 Å². The van der Waals surface area contributed by atoms with Gasteiger partial charge >= 0.3 is 0 Å². The number of halogens is 1. The third kappa shape index (κ3) is 4.43. The Labute approximate surface area is 164 Å². The molecule has 1 fully saturated rings. The summed E-state index contributed by atoms with van der Waals surface area (Å²) in [5.74, 6) is 0.622. The molecule has 0 spiro atoms. The molecule has 1 unspecified atom stereocenters. The largest absolute Gasteiger partial charge is 0.497 e. The molecule has 3 rings (SSSR count). The van der Waals surface area contributed by atoms with E-state index < -0.39 is 6.10 Å². The van der Waals surface area contributed by atoms with Crippen LogP contribution in [0, 0.1) is 6.92 Å². The van der Waals surface area contributed by atoms with Crippen molar-refractivity contribution in [3.8, 4) is 5.75 Å². The van der Waals surface area contributed by atoms with E-state index >= 15 is 0 Å². The predicted octanol–water partition coefficient (Wildman–Crippen LogP) is 3.37. The van der Waals surface area contributed by atoms with Crippen molar-refractivity contribution in [1.82, 2.24) is 5.32 Å². The van der Waals surface area contributed by atoms with Crippen molar-refractivity contribution in [3.05, 3.63) is 64.2 Å². The van der Waals surface area contributed by atoms with Crippen LogP contribution in [0.1, 0.15) is 35.6 Å². The van der Waals surface area contributed by atoms with Gasteiger partial charge in [-0.3, -0.25) is 4.79 Å². The molecule has 0 saturated carbocycles. The van der Waals surface area contributed by atoms with Crippen LogP contribution in [0.5, 0.6) is 5.75 Å². The van der Waals surface area contributed by atoms with E-state index in [4.69, 9.17) is 26.8 Å². The smallest absolute Gasteiger partial charge is 0.249 e. The molecule has 27 heavy (non-hydrogen) atoms. The topological polar surface area (TPSA) is 73.6 Å². The maximum atomic E-state index is 12.9. The number of benzene rings is 2. The average Bonchev–Trinajstić information content (AvgIpc) is 3.16. The third-order valence-electron chi connectivity index (χ3n) is 4.95. The zero-order chi connectivity index (χ0) is 19.4. The Kier molecular flexibility index (Phi) is 6.37. The number of methoxy groups -OCH3 is 1. The fourth-order valence-corrected chi connectivity index (χ4v) is 3.68. The molecule has 0 aliphatic carbocycles. The van der Waals surface area contributed by atoms with Crippen molar-refractivity contribution in [2.45, 2.75) is 38.0 Å². The molecule has 0 aromatic heterocycles. The number of nitrogens with one attached hydrogen (secondary N) is 1. The first-order chi connectivity index (χ1) is 13.0. The number of hydrogen-bond acceptors (Lipinski definition) is 4. The minimum Gasteiger partial charge on any atom is -0.497 e. The second kappa shape index (κ2) is 8.74. The van der Waals surface area contributed by atoms with Crippen molar-refractivity contribution < 1.29 is 14.3 Å². The summed E-state index contributed by atoms with van der Waals surface area (Å²) in [6.07, 6.45) is 0.932. The summed E-state index contributed by atoms with van der Waals surface area (Å²) in [5, 5.41) is 3.73. The predicted molar refractivity (Wildman–Crippen MR) is 106 cm³/mol. The Hall–Kier alpha value is -2.08. The second-order valence-electron chi connectivity index (χ2n) is 6.75. The van der Waals surface area contributed by atoms with E-state index in [1.165, 1.54) is 0 Å². The molecule has 3 atom stereocenters. The van der Waals surface area contributed by atoms with Gasteiger partial charge in [0.2, 0.25) is 5.91 Å². The van der Waals surface area contributed by atoms with E-state index in [0.29, 0.717) is 18.0 Å². The molecule has 1 aliphatic heterocycles. The monoisotopic (exact) mass is 388 g/mol. The lowest BCUT2D eigenvalue weighted by Crippen LogP contribution is -2.38. The van der Waals surface area contributed by atoms with Gasteiger partial charge in [0.15, 0.2) is 0 Å². The molecular formula is C21H25ClN2O3. The van der Waals surface area contributed by atoms with Crippen molar-refractivity contribution in [2.24, 2.45) is 5.73 Å². The molecule has 3 N–H and O–H groups in total. The van der Waals surface area contributed by atoms with Gasteiger partial charge in [-0.05, 0) is 54.7 Å². The fourth-order valence-electron chi connectivity index (χ4n) is 3.44. The van der Waals surface area contributed by atoms with Crippen LogP contribution in [0.25, 0.3) is 0 Å². The molecule has 2 aromatic carbocycles. The van der Waals surface area contributed by atoms with Gasteiger partial charge in [0.25, 0.3) is 0 Å². The normalized spacial score (nSPS) is 20.3. The summed E-state index contributed by atoms with van der Waals surface area (Å²) in [6.45, 7) is 2.42. The first-order valence-corrected chi connectivity index (χ1v) is 9.46. The molecule has 0 bridgehead atoms. The van der Waals surface area contributed by atoms with Crippen LogP contribution in [0.15, 0.2) is 42.5 Å². The molecule has 5 nitrogen and oxygen atoms in total. The molecule has 144 valence electrons.